The molecule has 0 aromatic rings. The van der Waals surface area contributed by atoms with Gasteiger partial charge in [-0.15, -0.1) is 0 Å². The van der Waals surface area contributed by atoms with Gasteiger partial charge in [-0.3, -0.25) is 9.59 Å². The molecule has 19 heavy (non-hydrogen) atoms. The normalized spacial score (nSPS) is 14.8. The van der Waals surface area contributed by atoms with Crippen LogP contribution in [-0.2, 0) is 9.59 Å². The summed E-state index contributed by atoms with van der Waals surface area (Å²) < 4.78 is 0. The van der Waals surface area contributed by atoms with Crippen molar-refractivity contribution in [3.63, 3.8) is 0 Å². The van der Waals surface area contributed by atoms with Crippen LogP contribution in [0.15, 0.2) is 0 Å². The highest BCUT2D eigenvalue weighted by Crippen LogP contribution is 2.24. The summed E-state index contributed by atoms with van der Waals surface area (Å²) in [4.78, 5) is 23.0. The Balaban J connectivity index is 4.37. The van der Waals surface area contributed by atoms with E-state index in [-0.39, 0.29) is 30.3 Å². The third kappa shape index (κ3) is 7.82. The van der Waals surface area contributed by atoms with E-state index in [0.29, 0.717) is 12.8 Å². The van der Waals surface area contributed by atoms with Crippen LogP contribution >= 0.6 is 0 Å². The van der Waals surface area contributed by atoms with Crippen LogP contribution in [0.1, 0.15) is 47.0 Å². The van der Waals surface area contributed by atoms with E-state index in [9.17, 15) is 9.59 Å². The fourth-order valence-electron chi connectivity index (χ4n) is 2.05. The fourth-order valence-corrected chi connectivity index (χ4v) is 2.05. The number of rotatable bonds is 8. The molecule has 0 aromatic heterocycles. The van der Waals surface area contributed by atoms with Crippen LogP contribution in [0.5, 0.6) is 0 Å². The lowest BCUT2D eigenvalue weighted by Gasteiger charge is -2.24. The van der Waals surface area contributed by atoms with Crippen LogP contribution in [-0.4, -0.2) is 30.1 Å². The summed E-state index contributed by atoms with van der Waals surface area (Å²) in [6, 6.07) is 0. The second-order valence-electron chi connectivity index (χ2n) is 6.27. The molecule has 1 amide bonds. The molecule has 0 heterocycles. The molecule has 0 aliphatic carbocycles. The van der Waals surface area contributed by atoms with Crippen LogP contribution in [0.2, 0.25) is 0 Å². The Morgan fingerprint density at radius 1 is 1.26 bits per heavy atom. The molecular formula is C14H28N2O3. The van der Waals surface area contributed by atoms with E-state index in [1.165, 1.54) is 0 Å². The number of carbonyl (C=O) groups excluding carboxylic acids is 1. The Morgan fingerprint density at radius 2 is 1.84 bits per heavy atom. The monoisotopic (exact) mass is 272 g/mol. The Morgan fingerprint density at radius 3 is 2.21 bits per heavy atom. The summed E-state index contributed by atoms with van der Waals surface area (Å²) in [6.07, 6.45) is 2.05. The summed E-state index contributed by atoms with van der Waals surface area (Å²) in [6.45, 7) is 8.57. The molecule has 0 aliphatic heterocycles. The van der Waals surface area contributed by atoms with Crippen molar-refractivity contribution in [2.24, 2.45) is 23.0 Å². The summed E-state index contributed by atoms with van der Waals surface area (Å²) in [5.41, 5.74) is 5.65. The molecule has 112 valence electrons. The number of amides is 1. The molecule has 0 spiro atoms. The van der Waals surface area contributed by atoms with Gasteiger partial charge < -0.3 is 16.2 Å². The van der Waals surface area contributed by atoms with Crippen LogP contribution in [0, 0.1) is 17.3 Å². The Hall–Kier alpha value is -1.10. The van der Waals surface area contributed by atoms with Gasteiger partial charge in [0.1, 0.15) is 0 Å². The van der Waals surface area contributed by atoms with Crippen LogP contribution in [0.4, 0.5) is 0 Å². The van der Waals surface area contributed by atoms with Crippen LogP contribution in [0.25, 0.3) is 0 Å². The number of carboxylic acids is 1. The Bertz CT molecular complexity index is 298. The van der Waals surface area contributed by atoms with E-state index < -0.39 is 11.9 Å². The van der Waals surface area contributed by atoms with Crippen molar-refractivity contribution in [1.29, 1.82) is 0 Å². The minimum Gasteiger partial charge on any atom is -0.481 e. The molecule has 0 rings (SSSR count). The zero-order chi connectivity index (χ0) is 15.1. The number of nitrogens with one attached hydrogen (secondary N) is 1. The van der Waals surface area contributed by atoms with Gasteiger partial charge in [0.25, 0.3) is 0 Å². The molecule has 5 nitrogen and oxygen atoms in total. The first-order chi connectivity index (χ1) is 8.71. The maximum Gasteiger partial charge on any atom is 0.308 e. The highest BCUT2D eigenvalue weighted by atomic mass is 16.4. The summed E-state index contributed by atoms with van der Waals surface area (Å²) in [7, 11) is 0. The molecule has 0 saturated heterocycles. The van der Waals surface area contributed by atoms with Crippen LogP contribution < -0.4 is 11.1 Å². The van der Waals surface area contributed by atoms with E-state index in [1.807, 2.05) is 6.92 Å². The van der Waals surface area contributed by atoms with Gasteiger partial charge in [0.05, 0.1) is 11.8 Å². The molecule has 2 unspecified atom stereocenters. The third-order valence-corrected chi connectivity index (χ3v) is 3.02. The standard InChI is InChI=1S/C14H28N2O3/c1-5-6-10(13(18)19)9-16-12(17)11(8-15)7-14(2,3)4/h10-11H,5-9,15H2,1-4H3,(H,16,17)(H,18,19). The largest absolute Gasteiger partial charge is 0.481 e. The second kappa shape index (κ2) is 8.15. The number of carboxylic acid groups (broad SMARTS) is 1. The Labute approximate surface area is 115 Å². The van der Waals surface area contributed by atoms with Gasteiger partial charge in [0.15, 0.2) is 0 Å². The van der Waals surface area contributed by atoms with Gasteiger partial charge in [0.2, 0.25) is 5.91 Å². The van der Waals surface area contributed by atoms with Gasteiger partial charge in [-0.2, -0.15) is 0 Å². The van der Waals surface area contributed by atoms with E-state index in [1.54, 1.807) is 0 Å². The van der Waals surface area contributed by atoms with E-state index in [0.717, 1.165) is 6.42 Å². The highest BCUT2D eigenvalue weighted by molar-refractivity contribution is 5.79. The summed E-state index contributed by atoms with van der Waals surface area (Å²) >= 11 is 0. The first-order valence-electron chi connectivity index (χ1n) is 6.91. The molecule has 2 atom stereocenters. The Kier molecular flexibility index (Phi) is 7.68. The van der Waals surface area contributed by atoms with E-state index in [2.05, 4.69) is 26.1 Å². The molecule has 4 N–H and O–H groups in total. The molecule has 0 aromatic carbocycles. The first-order valence-corrected chi connectivity index (χ1v) is 6.91. The summed E-state index contributed by atoms with van der Waals surface area (Å²) in [5.74, 6) is -1.76. The molecule has 0 fully saturated rings. The summed E-state index contributed by atoms with van der Waals surface area (Å²) in [5, 5.41) is 11.7. The van der Waals surface area contributed by atoms with Crippen LogP contribution in [0.3, 0.4) is 0 Å². The van der Waals surface area contributed by atoms with Gasteiger partial charge in [0, 0.05) is 13.1 Å². The predicted octanol–water partition coefficient (Wildman–Crippen LogP) is 1.61. The number of hydrogen-bond donors (Lipinski definition) is 3. The minimum absolute atomic E-state index is 0.0248. The molecule has 5 heteroatoms. The number of nitrogens with two attached hydrogens (primary N) is 1. The predicted molar refractivity (Wildman–Crippen MR) is 75.7 cm³/mol. The van der Waals surface area contributed by atoms with Crippen molar-refractivity contribution in [1.82, 2.24) is 5.32 Å². The van der Waals surface area contributed by atoms with Crippen molar-refractivity contribution in [2.75, 3.05) is 13.1 Å². The molecule has 0 saturated carbocycles. The molecule has 0 bridgehead atoms. The maximum absolute atomic E-state index is 12.0. The SMILES string of the molecule is CCCC(CNC(=O)C(CN)CC(C)(C)C)C(=O)O. The smallest absolute Gasteiger partial charge is 0.308 e. The molecule has 0 radical (unpaired) electrons. The topological polar surface area (TPSA) is 92.4 Å². The van der Waals surface area contributed by atoms with E-state index in [4.69, 9.17) is 10.8 Å². The highest BCUT2D eigenvalue weighted by Gasteiger charge is 2.25. The van der Waals surface area contributed by atoms with Crippen molar-refractivity contribution in [3.8, 4) is 0 Å². The number of hydrogen-bond acceptors (Lipinski definition) is 3. The number of aliphatic carboxylic acids is 1. The molecular weight excluding hydrogens is 244 g/mol. The lowest BCUT2D eigenvalue weighted by atomic mass is 9.84. The average Bonchev–Trinajstić information content (AvgIpc) is 2.29. The average molecular weight is 272 g/mol. The lowest BCUT2D eigenvalue weighted by molar-refractivity contribution is -0.142. The fraction of sp³-hybridized carbons (Fsp3) is 0.857. The van der Waals surface area contributed by atoms with Crippen molar-refractivity contribution in [2.45, 2.75) is 47.0 Å². The van der Waals surface area contributed by atoms with E-state index >= 15 is 0 Å². The first kappa shape index (κ1) is 17.9. The van der Waals surface area contributed by atoms with Crippen molar-refractivity contribution >= 4 is 11.9 Å². The van der Waals surface area contributed by atoms with Crippen molar-refractivity contribution < 1.29 is 14.7 Å². The second-order valence-corrected chi connectivity index (χ2v) is 6.27. The molecule has 0 aliphatic rings. The van der Waals surface area contributed by atoms with Gasteiger partial charge >= 0.3 is 5.97 Å². The maximum atomic E-state index is 12.0. The zero-order valence-electron chi connectivity index (χ0n) is 12.5. The van der Waals surface area contributed by atoms with Gasteiger partial charge in [-0.25, -0.2) is 0 Å². The number of carbonyl (C=O) groups is 2. The zero-order valence-corrected chi connectivity index (χ0v) is 12.5. The lowest BCUT2D eigenvalue weighted by Crippen LogP contribution is -2.40. The van der Waals surface area contributed by atoms with Gasteiger partial charge in [-0.1, -0.05) is 34.1 Å². The van der Waals surface area contributed by atoms with Gasteiger partial charge in [-0.05, 0) is 18.3 Å². The van der Waals surface area contributed by atoms with Crippen molar-refractivity contribution in [3.05, 3.63) is 0 Å². The quantitative estimate of drug-likeness (QED) is 0.626. The third-order valence-electron chi connectivity index (χ3n) is 3.02. The minimum atomic E-state index is -0.859.